The van der Waals surface area contributed by atoms with Gasteiger partial charge in [-0.1, -0.05) is 6.92 Å². The molecule has 0 heterocycles. The maximum absolute atomic E-state index is 12.3. The summed E-state index contributed by atoms with van der Waals surface area (Å²) in [5.41, 5.74) is 5.48. The van der Waals surface area contributed by atoms with Crippen molar-refractivity contribution < 1.29 is 22.8 Å². The zero-order valence-electron chi connectivity index (χ0n) is 9.89. The number of aryl methyl sites for hydroxylation is 2. The van der Waals surface area contributed by atoms with Gasteiger partial charge in [0.15, 0.2) is 0 Å². The number of halogens is 3. The van der Waals surface area contributed by atoms with E-state index in [4.69, 9.17) is 5.73 Å². The third-order valence-corrected chi connectivity index (χ3v) is 2.56. The third-order valence-electron chi connectivity index (χ3n) is 2.56. The van der Waals surface area contributed by atoms with Crippen molar-refractivity contribution in [3.63, 3.8) is 0 Å². The average Bonchev–Trinajstić information content (AvgIpc) is 2.24. The number of hydrogen-bond acceptors (Lipinski definition) is 2. The molecule has 2 N–H and O–H groups in total. The Balaban J connectivity index is 3.41. The molecule has 0 spiro atoms. The highest BCUT2D eigenvalue weighted by molar-refractivity contribution is 6.03. The lowest BCUT2D eigenvalue weighted by atomic mass is 9.94. The Bertz CT molecular complexity index is 507. The molecule has 0 unspecified atom stereocenters. The van der Waals surface area contributed by atoms with Crippen LogP contribution >= 0.6 is 0 Å². The second-order valence-electron chi connectivity index (χ2n) is 3.87. The summed E-state index contributed by atoms with van der Waals surface area (Å²) >= 11 is 0. The fourth-order valence-corrected chi connectivity index (χ4v) is 1.79. The van der Waals surface area contributed by atoms with Gasteiger partial charge in [0.2, 0.25) is 5.91 Å². The molecule has 0 atom stereocenters. The van der Waals surface area contributed by atoms with Crippen molar-refractivity contribution in [1.82, 2.24) is 0 Å². The van der Waals surface area contributed by atoms with Crippen LogP contribution in [0.1, 0.15) is 38.8 Å². The largest absolute Gasteiger partial charge is 0.454 e. The van der Waals surface area contributed by atoms with Crippen LogP contribution in [0.5, 0.6) is 0 Å². The third kappa shape index (κ3) is 2.69. The number of hydrogen-bond donors (Lipinski definition) is 1. The van der Waals surface area contributed by atoms with Crippen LogP contribution < -0.4 is 5.73 Å². The Kier molecular flexibility index (Phi) is 3.79. The highest BCUT2D eigenvalue weighted by atomic mass is 19.4. The molecule has 0 aliphatic carbocycles. The van der Waals surface area contributed by atoms with Crippen molar-refractivity contribution in [3.05, 3.63) is 34.4 Å². The van der Waals surface area contributed by atoms with Crippen LogP contribution in [0.2, 0.25) is 0 Å². The highest BCUT2D eigenvalue weighted by Gasteiger charge is 2.39. The predicted octanol–water partition coefficient (Wildman–Crippen LogP) is 2.40. The number of carbonyl (C=O) groups is 2. The number of nitrogens with two attached hydrogens (primary N) is 1. The molecule has 3 nitrogen and oxygen atoms in total. The molecule has 18 heavy (non-hydrogen) atoms. The van der Waals surface area contributed by atoms with Crippen molar-refractivity contribution in [2.24, 2.45) is 5.73 Å². The van der Waals surface area contributed by atoms with Gasteiger partial charge >= 0.3 is 6.18 Å². The summed E-state index contributed by atoms with van der Waals surface area (Å²) in [6, 6.07) is 2.11. The summed E-state index contributed by atoms with van der Waals surface area (Å²) in [5.74, 6) is -2.63. The molecule has 0 aromatic heterocycles. The van der Waals surface area contributed by atoms with E-state index < -0.39 is 23.4 Å². The standard InChI is InChI=1S/C12H12F3NO2/c1-3-7-5-8(10(17)12(13,14)15)4-6(2)9(7)11(16)18/h4-5H,3H2,1-2H3,(H2,16,18). The van der Waals surface area contributed by atoms with Crippen LogP contribution in [0, 0.1) is 6.92 Å². The van der Waals surface area contributed by atoms with Gasteiger partial charge in [-0.3, -0.25) is 9.59 Å². The lowest BCUT2D eigenvalue weighted by molar-refractivity contribution is -0.0885. The Labute approximate surface area is 102 Å². The van der Waals surface area contributed by atoms with Crippen LogP contribution in [0.4, 0.5) is 13.2 Å². The number of carbonyl (C=O) groups excluding carboxylic acids is 2. The fourth-order valence-electron chi connectivity index (χ4n) is 1.79. The molecular formula is C12H12F3NO2. The van der Waals surface area contributed by atoms with Crippen molar-refractivity contribution in [1.29, 1.82) is 0 Å². The van der Waals surface area contributed by atoms with Gasteiger partial charge in [-0.05, 0) is 36.6 Å². The molecular weight excluding hydrogens is 247 g/mol. The van der Waals surface area contributed by atoms with E-state index in [-0.39, 0.29) is 11.1 Å². The summed E-state index contributed by atoms with van der Waals surface area (Å²) < 4.78 is 37.0. The van der Waals surface area contributed by atoms with E-state index in [1.54, 1.807) is 6.92 Å². The zero-order valence-corrected chi connectivity index (χ0v) is 9.89. The van der Waals surface area contributed by atoms with Crippen molar-refractivity contribution in [2.45, 2.75) is 26.4 Å². The Morgan fingerprint density at radius 1 is 1.28 bits per heavy atom. The smallest absolute Gasteiger partial charge is 0.366 e. The van der Waals surface area contributed by atoms with Crippen LogP contribution in [0.25, 0.3) is 0 Å². The van der Waals surface area contributed by atoms with Gasteiger partial charge < -0.3 is 5.73 Å². The Morgan fingerprint density at radius 3 is 2.22 bits per heavy atom. The minimum atomic E-state index is -4.92. The Hall–Kier alpha value is -1.85. The first-order chi connectivity index (χ1) is 8.18. The number of rotatable bonds is 3. The predicted molar refractivity (Wildman–Crippen MR) is 59.5 cm³/mol. The van der Waals surface area contributed by atoms with Crippen molar-refractivity contribution in [2.75, 3.05) is 0 Å². The van der Waals surface area contributed by atoms with Crippen LogP contribution in [0.3, 0.4) is 0 Å². The number of amides is 1. The first-order valence-corrected chi connectivity index (χ1v) is 5.23. The molecule has 0 aliphatic rings. The molecule has 0 bridgehead atoms. The van der Waals surface area contributed by atoms with E-state index in [2.05, 4.69) is 0 Å². The molecule has 1 aromatic carbocycles. The number of primary amides is 1. The maximum Gasteiger partial charge on any atom is 0.454 e. The lowest BCUT2D eigenvalue weighted by Gasteiger charge is -2.12. The van der Waals surface area contributed by atoms with E-state index in [9.17, 15) is 22.8 Å². The molecule has 0 fully saturated rings. The fraction of sp³-hybridized carbons (Fsp3) is 0.333. The number of ketones is 1. The zero-order chi connectivity index (χ0) is 14.1. The Morgan fingerprint density at radius 2 is 1.83 bits per heavy atom. The molecule has 0 radical (unpaired) electrons. The summed E-state index contributed by atoms with van der Waals surface area (Å²) in [4.78, 5) is 22.3. The van der Waals surface area contributed by atoms with E-state index in [1.807, 2.05) is 0 Å². The van der Waals surface area contributed by atoms with Gasteiger partial charge in [0.1, 0.15) is 0 Å². The van der Waals surface area contributed by atoms with Gasteiger partial charge in [0.05, 0.1) is 0 Å². The highest BCUT2D eigenvalue weighted by Crippen LogP contribution is 2.25. The number of alkyl halides is 3. The second kappa shape index (κ2) is 4.80. The monoisotopic (exact) mass is 259 g/mol. The molecule has 0 saturated heterocycles. The molecule has 1 rings (SSSR count). The summed E-state index contributed by atoms with van der Waals surface area (Å²) in [5, 5.41) is 0. The molecule has 0 saturated carbocycles. The van der Waals surface area contributed by atoms with Gasteiger partial charge in [-0.2, -0.15) is 13.2 Å². The molecule has 0 aliphatic heterocycles. The van der Waals surface area contributed by atoms with Crippen molar-refractivity contribution in [3.8, 4) is 0 Å². The minimum Gasteiger partial charge on any atom is -0.366 e. The lowest BCUT2D eigenvalue weighted by Crippen LogP contribution is -2.24. The molecule has 1 aromatic rings. The quantitative estimate of drug-likeness (QED) is 0.847. The average molecular weight is 259 g/mol. The van der Waals surface area contributed by atoms with Crippen molar-refractivity contribution >= 4 is 11.7 Å². The van der Waals surface area contributed by atoms with E-state index >= 15 is 0 Å². The van der Waals surface area contributed by atoms with Crippen LogP contribution in [-0.4, -0.2) is 17.9 Å². The first-order valence-electron chi connectivity index (χ1n) is 5.23. The molecule has 1 amide bonds. The van der Waals surface area contributed by atoms with Gasteiger partial charge in [0.25, 0.3) is 5.78 Å². The SMILES string of the molecule is CCc1cc(C(=O)C(F)(F)F)cc(C)c1C(N)=O. The van der Waals surface area contributed by atoms with Crippen LogP contribution in [0.15, 0.2) is 12.1 Å². The van der Waals surface area contributed by atoms with Gasteiger partial charge in [0, 0.05) is 11.1 Å². The summed E-state index contributed by atoms with van der Waals surface area (Å²) in [6.45, 7) is 3.12. The van der Waals surface area contributed by atoms with E-state index in [1.165, 1.54) is 6.92 Å². The topological polar surface area (TPSA) is 60.2 Å². The molecule has 98 valence electrons. The van der Waals surface area contributed by atoms with Gasteiger partial charge in [-0.25, -0.2) is 0 Å². The first kappa shape index (κ1) is 14.2. The summed E-state index contributed by atoms with van der Waals surface area (Å²) in [6.07, 6.45) is -4.61. The summed E-state index contributed by atoms with van der Waals surface area (Å²) in [7, 11) is 0. The van der Waals surface area contributed by atoms with Crippen LogP contribution in [-0.2, 0) is 6.42 Å². The van der Waals surface area contributed by atoms with Gasteiger partial charge in [-0.15, -0.1) is 0 Å². The maximum atomic E-state index is 12.3. The molecule has 6 heteroatoms. The minimum absolute atomic E-state index is 0.177. The normalized spacial score (nSPS) is 11.4. The second-order valence-corrected chi connectivity index (χ2v) is 3.87. The van der Waals surface area contributed by atoms with E-state index in [0.717, 1.165) is 12.1 Å². The van der Waals surface area contributed by atoms with E-state index in [0.29, 0.717) is 12.0 Å². The number of benzene rings is 1. The number of Topliss-reactive ketones (excluding diaryl/α,β-unsaturated/α-hetero) is 1.